The molecule has 0 radical (unpaired) electrons. The molecule has 144 valence electrons. The summed E-state index contributed by atoms with van der Waals surface area (Å²) in [6, 6.07) is 13.8. The molecule has 1 N–H and O–H groups in total. The van der Waals surface area contributed by atoms with Gasteiger partial charge in [0.1, 0.15) is 5.75 Å². The number of benzene rings is 1. The van der Waals surface area contributed by atoms with Crippen molar-refractivity contribution in [3.8, 4) is 11.6 Å². The highest BCUT2D eigenvalue weighted by atomic mass is 16.5. The number of carbonyl (C=O) groups excluding carboxylic acids is 1. The van der Waals surface area contributed by atoms with Gasteiger partial charge in [0.05, 0.1) is 7.11 Å². The molecule has 0 aliphatic carbocycles. The molecule has 0 saturated carbocycles. The fraction of sp³-hybridized carbons (Fsp3) is 0.286. The largest absolute Gasteiger partial charge is 0.497 e. The molecular weight excluding hydrogens is 354 g/mol. The minimum atomic E-state index is -0.0350. The van der Waals surface area contributed by atoms with Crippen molar-refractivity contribution in [3.63, 3.8) is 0 Å². The van der Waals surface area contributed by atoms with E-state index in [9.17, 15) is 4.79 Å². The molecule has 0 bridgehead atoms. The molecule has 1 aliphatic rings. The molecule has 4 rings (SSSR count). The van der Waals surface area contributed by atoms with E-state index < -0.39 is 0 Å². The molecule has 2 amide bonds. The van der Waals surface area contributed by atoms with Crippen LogP contribution in [0.2, 0.25) is 0 Å². The maximum atomic E-state index is 12.5. The summed E-state index contributed by atoms with van der Waals surface area (Å²) in [6.07, 6.45) is 6.29. The second-order valence-electron chi connectivity index (χ2n) is 6.84. The number of rotatable bonds is 5. The van der Waals surface area contributed by atoms with Crippen LogP contribution in [0.25, 0.3) is 5.82 Å². The first-order valence-electron chi connectivity index (χ1n) is 9.34. The van der Waals surface area contributed by atoms with E-state index in [1.165, 1.54) is 5.56 Å². The molecule has 1 atom stereocenters. The zero-order valence-corrected chi connectivity index (χ0v) is 15.8. The molecule has 3 aromatic rings. The van der Waals surface area contributed by atoms with Crippen LogP contribution in [-0.4, -0.2) is 45.9 Å². The van der Waals surface area contributed by atoms with E-state index in [1.54, 1.807) is 24.2 Å². The number of nitrogens with zero attached hydrogens (tertiary/aromatic N) is 4. The van der Waals surface area contributed by atoms with E-state index in [-0.39, 0.29) is 6.03 Å². The normalized spacial score (nSPS) is 16.2. The summed E-state index contributed by atoms with van der Waals surface area (Å²) >= 11 is 0. The van der Waals surface area contributed by atoms with Crippen LogP contribution in [0, 0.1) is 0 Å². The summed E-state index contributed by atoms with van der Waals surface area (Å²) in [7, 11) is 1.66. The van der Waals surface area contributed by atoms with Crippen molar-refractivity contribution in [3.05, 3.63) is 72.2 Å². The van der Waals surface area contributed by atoms with Gasteiger partial charge in [-0.05, 0) is 41.8 Å². The molecule has 0 unspecified atom stereocenters. The third-order valence-corrected chi connectivity index (χ3v) is 5.05. The first kappa shape index (κ1) is 18.0. The Kier molecular flexibility index (Phi) is 5.23. The minimum absolute atomic E-state index is 0.0350. The molecule has 2 aromatic heterocycles. The molecule has 7 nitrogen and oxygen atoms in total. The lowest BCUT2D eigenvalue weighted by molar-refractivity contribution is 0.208. The maximum Gasteiger partial charge on any atom is 0.317 e. The quantitative estimate of drug-likeness (QED) is 0.742. The Morgan fingerprint density at radius 2 is 2.11 bits per heavy atom. The number of carbonyl (C=O) groups is 1. The highest BCUT2D eigenvalue weighted by Gasteiger charge is 2.27. The first-order chi connectivity index (χ1) is 13.7. The van der Waals surface area contributed by atoms with Gasteiger partial charge in [-0.2, -0.15) is 5.10 Å². The Hall–Kier alpha value is -3.35. The van der Waals surface area contributed by atoms with Gasteiger partial charge in [0.15, 0.2) is 5.82 Å². The third kappa shape index (κ3) is 3.98. The lowest BCUT2D eigenvalue weighted by Gasteiger charge is -2.18. The molecule has 28 heavy (non-hydrogen) atoms. The van der Waals surface area contributed by atoms with Crippen molar-refractivity contribution in [2.75, 3.05) is 20.2 Å². The van der Waals surface area contributed by atoms with Gasteiger partial charge in [-0.25, -0.2) is 14.5 Å². The standard InChI is InChI=1S/C21H23N5O2/c1-28-19-6-4-17(5-7-19)18-9-12-25(15-18)21(27)23-14-16-3-8-20(22-13-16)26-11-2-10-24-26/h2-8,10-11,13,18H,9,12,14-15H2,1H3,(H,23,27)/t18-/m1/s1. The van der Waals surface area contributed by atoms with Crippen LogP contribution < -0.4 is 10.1 Å². The van der Waals surface area contributed by atoms with Crippen molar-refractivity contribution < 1.29 is 9.53 Å². The smallest absolute Gasteiger partial charge is 0.317 e. The van der Waals surface area contributed by atoms with Gasteiger partial charge < -0.3 is 15.0 Å². The average Bonchev–Trinajstić information content (AvgIpc) is 3.45. The summed E-state index contributed by atoms with van der Waals surface area (Å²) in [6.45, 7) is 1.95. The highest BCUT2D eigenvalue weighted by Crippen LogP contribution is 2.28. The van der Waals surface area contributed by atoms with Crippen LogP contribution in [0.1, 0.15) is 23.5 Å². The van der Waals surface area contributed by atoms with Crippen molar-refractivity contribution in [1.29, 1.82) is 0 Å². The monoisotopic (exact) mass is 377 g/mol. The topological polar surface area (TPSA) is 72.3 Å². The van der Waals surface area contributed by atoms with Crippen molar-refractivity contribution >= 4 is 6.03 Å². The number of ether oxygens (including phenoxy) is 1. The molecular formula is C21H23N5O2. The summed E-state index contributed by atoms with van der Waals surface area (Å²) in [5, 5.41) is 7.15. The number of amides is 2. The predicted molar refractivity (Wildman–Crippen MR) is 106 cm³/mol. The zero-order chi connectivity index (χ0) is 19.3. The number of hydrogen-bond acceptors (Lipinski definition) is 4. The van der Waals surface area contributed by atoms with Gasteiger partial charge >= 0.3 is 6.03 Å². The highest BCUT2D eigenvalue weighted by molar-refractivity contribution is 5.74. The van der Waals surface area contributed by atoms with Crippen molar-refractivity contribution in [2.45, 2.75) is 18.9 Å². The number of methoxy groups -OCH3 is 1. The van der Waals surface area contributed by atoms with Gasteiger partial charge in [-0.15, -0.1) is 0 Å². The maximum absolute atomic E-state index is 12.5. The van der Waals surface area contributed by atoms with E-state index in [0.717, 1.165) is 36.6 Å². The Labute approximate surface area is 164 Å². The molecule has 3 heterocycles. The van der Waals surface area contributed by atoms with Crippen molar-refractivity contribution in [2.24, 2.45) is 0 Å². The Bertz CT molecular complexity index is 907. The van der Waals surface area contributed by atoms with Gasteiger partial charge in [0.2, 0.25) is 0 Å². The fourth-order valence-corrected chi connectivity index (χ4v) is 3.44. The molecule has 1 aliphatic heterocycles. The molecule has 1 fully saturated rings. The van der Waals surface area contributed by atoms with Gasteiger partial charge in [0.25, 0.3) is 0 Å². The van der Waals surface area contributed by atoms with E-state index >= 15 is 0 Å². The lowest BCUT2D eigenvalue weighted by atomic mass is 9.98. The Morgan fingerprint density at radius 1 is 1.25 bits per heavy atom. The zero-order valence-electron chi connectivity index (χ0n) is 15.8. The fourth-order valence-electron chi connectivity index (χ4n) is 3.44. The summed E-state index contributed by atoms with van der Waals surface area (Å²) in [4.78, 5) is 18.8. The first-order valence-corrected chi connectivity index (χ1v) is 9.34. The SMILES string of the molecule is COc1ccc([C@@H]2CCN(C(=O)NCc3ccc(-n4cccn4)nc3)C2)cc1. The van der Waals surface area contributed by atoms with E-state index in [2.05, 4.69) is 27.5 Å². The average molecular weight is 377 g/mol. The minimum Gasteiger partial charge on any atom is -0.497 e. The van der Waals surface area contributed by atoms with E-state index in [0.29, 0.717) is 12.5 Å². The van der Waals surface area contributed by atoms with Gasteiger partial charge in [0, 0.05) is 44.1 Å². The van der Waals surface area contributed by atoms with Crippen LogP contribution >= 0.6 is 0 Å². The Morgan fingerprint density at radius 3 is 2.79 bits per heavy atom. The number of likely N-dealkylation sites (tertiary alicyclic amines) is 1. The van der Waals surface area contributed by atoms with Crippen molar-refractivity contribution in [1.82, 2.24) is 25.0 Å². The molecule has 7 heteroatoms. The lowest BCUT2D eigenvalue weighted by Crippen LogP contribution is -2.38. The van der Waals surface area contributed by atoms with Crippen LogP contribution in [0.5, 0.6) is 5.75 Å². The third-order valence-electron chi connectivity index (χ3n) is 5.05. The number of aromatic nitrogens is 3. The molecule has 1 aromatic carbocycles. The summed E-state index contributed by atoms with van der Waals surface area (Å²) in [5.74, 6) is 1.97. The van der Waals surface area contributed by atoms with E-state index in [4.69, 9.17) is 4.74 Å². The van der Waals surface area contributed by atoms with Crippen LogP contribution in [0.3, 0.4) is 0 Å². The molecule has 1 saturated heterocycles. The van der Waals surface area contributed by atoms with E-state index in [1.807, 2.05) is 41.4 Å². The predicted octanol–water partition coefficient (Wildman–Crippen LogP) is 2.98. The van der Waals surface area contributed by atoms with Crippen LogP contribution in [-0.2, 0) is 6.54 Å². The number of urea groups is 1. The number of hydrogen-bond donors (Lipinski definition) is 1. The Balaban J connectivity index is 1.29. The van der Waals surface area contributed by atoms with Crippen LogP contribution in [0.4, 0.5) is 4.79 Å². The van der Waals surface area contributed by atoms with Crippen LogP contribution in [0.15, 0.2) is 61.1 Å². The summed E-state index contributed by atoms with van der Waals surface area (Å²) in [5.41, 5.74) is 2.20. The number of pyridine rings is 1. The van der Waals surface area contributed by atoms with Gasteiger partial charge in [-0.3, -0.25) is 0 Å². The second kappa shape index (κ2) is 8.12. The second-order valence-corrected chi connectivity index (χ2v) is 6.84. The molecule has 0 spiro atoms. The number of nitrogens with one attached hydrogen (secondary N) is 1. The summed E-state index contributed by atoms with van der Waals surface area (Å²) < 4.78 is 6.91. The van der Waals surface area contributed by atoms with Gasteiger partial charge in [-0.1, -0.05) is 18.2 Å².